The normalized spacial score (nSPS) is 16.9. The molecule has 7 heteroatoms. The standard InChI is InChI=1S/C33H38N4O3/c1-5-36(6-2)25-16-17-27-29(20-25)40-31(22(3)4)33(39)37(30(27)32(38)35-24-12-8-7-9-13-24)19-18-23-21-34-28-15-11-10-14-26(23)28/h7-17,20-22,30-31,34H,5-6,18-19H2,1-4H3,(H,35,38). The molecule has 0 radical (unpaired) electrons. The number of para-hydroxylation sites is 2. The summed E-state index contributed by atoms with van der Waals surface area (Å²) in [7, 11) is 0. The number of hydrogen-bond acceptors (Lipinski definition) is 4. The second-order valence-corrected chi connectivity index (χ2v) is 10.6. The number of H-pyrrole nitrogens is 1. The van der Waals surface area contributed by atoms with E-state index >= 15 is 0 Å². The van der Waals surface area contributed by atoms with E-state index in [9.17, 15) is 9.59 Å². The van der Waals surface area contributed by atoms with Gasteiger partial charge in [-0.2, -0.15) is 0 Å². The molecule has 3 aromatic carbocycles. The number of amides is 2. The fourth-order valence-electron chi connectivity index (χ4n) is 5.54. The van der Waals surface area contributed by atoms with E-state index in [1.807, 2.05) is 86.8 Å². The molecule has 2 heterocycles. The minimum absolute atomic E-state index is 0.0796. The van der Waals surface area contributed by atoms with Gasteiger partial charge in [-0.3, -0.25) is 9.59 Å². The highest BCUT2D eigenvalue weighted by Gasteiger charge is 2.42. The topological polar surface area (TPSA) is 77.7 Å². The van der Waals surface area contributed by atoms with E-state index in [0.29, 0.717) is 30.0 Å². The van der Waals surface area contributed by atoms with Gasteiger partial charge in [0.2, 0.25) is 0 Å². The Morgan fingerprint density at radius 1 is 1.02 bits per heavy atom. The summed E-state index contributed by atoms with van der Waals surface area (Å²) >= 11 is 0. The second-order valence-electron chi connectivity index (χ2n) is 10.6. The van der Waals surface area contributed by atoms with Gasteiger partial charge in [0.1, 0.15) is 11.8 Å². The monoisotopic (exact) mass is 538 g/mol. The van der Waals surface area contributed by atoms with Gasteiger partial charge in [-0.15, -0.1) is 0 Å². The van der Waals surface area contributed by atoms with Gasteiger partial charge in [-0.05, 0) is 56.0 Å². The summed E-state index contributed by atoms with van der Waals surface area (Å²) in [6, 6.07) is 22.6. The van der Waals surface area contributed by atoms with E-state index in [4.69, 9.17) is 4.74 Å². The Morgan fingerprint density at radius 3 is 2.48 bits per heavy atom. The van der Waals surface area contributed by atoms with E-state index in [0.717, 1.165) is 35.2 Å². The third-order valence-corrected chi connectivity index (χ3v) is 7.70. The van der Waals surface area contributed by atoms with E-state index in [-0.39, 0.29) is 17.7 Å². The maximum Gasteiger partial charge on any atom is 0.264 e. The van der Waals surface area contributed by atoms with Gasteiger partial charge in [0.15, 0.2) is 6.10 Å². The lowest BCUT2D eigenvalue weighted by molar-refractivity contribution is -0.145. The number of benzene rings is 3. The maximum atomic E-state index is 14.2. The highest BCUT2D eigenvalue weighted by molar-refractivity contribution is 5.99. The molecule has 2 N–H and O–H groups in total. The average molecular weight is 539 g/mol. The number of carbonyl (C=O) groups is 2. The van der Waals surface area contributed by atoms with Crippen LogP contribution < -0.4 is 15.0 Å². The zero-order valence-corrected chi connectivity index (χ0v) is 23.7. The van der Waals surface area contributed by atoms with Crippen LogP contribution in [-0.2, 0) is 16.0 Å². The molecule has 1 aliphatic rings. The molecule has 0 saturated carbocycles. The molecular weight excluding hydrogens is 500 g/mol. The third kappa shape index (κ3) is 5.41. The van der Waals surface area contributed by atoms with Crippen molar-refractivity contribution in [3.63, 3.8) is 0 Å². The highest BCUT2D eigenvalue weighted by atomic mass is 16.5. The number of anilines is 2. The number of hydrogen-bond donors (Lipinski definition) is 2. The van der Waals surface area contributed by atoms with Gasteiger partial charge in [0.05, 0.1) is 0 Å². The largest absolute Gasteiger partial charge is 0.480 e. The number of ether oxygens (including phenoxy) is 1. The van der Waals surface area contributed by atoms with Crippen LogP contribution in [0.3, 0.4) is 0 Å². The van der Waals surface area contributed by atoms with Crippen molar-refractivity contribution in [2.75, 3.05) is 29.9 Å². The first-order chi connectivity index (χ1) is 19.4. The Kier molecular flexibility index (Phi) is 8.10. The number of fused-ring (bicyclic) bond motifs is 2. The molecule has 0 saturated heterocycles. The van der Waals surface area contributed by atoms with Crippen molar-refractivity contribution in [3.8, 4) is 5.75 Å². The Hall–Kier alpha value is -4.26. The summed E-state index contributed by atoms with van der Waals surface area (Å²) in [5, 5.41) is 4.17. The molecule has 1 aliphatic heterocycles. The van der Waals surface area contributed by atoms with Crippen molar-refractivity contribution < 1.29 is 14.3 Å². The summed E-state index contributed by atoms with van der Waals surface area (Å²) < 4.78 is 6.47. The van der Waals surface area contributed by atoms with E-state index < -0.39 is 12.1 Å². The zero-order valence-electron chi connectivity index (χ0n) is 23.7. The van der Waals surface area contributed by atoms with Crippen molar-refractivity contribution in [1.82, 2.24) is 9.88 Å². The first kappa shape index (κ1) is 27.3. The number of carbonyl (C=O) groups excluding carboxylic acids is 2. The lowest BCUT2D eigenvalue weighted by atomic mass is 10.00. The minimum Gasteiger partial charge on any atom is -0.480 e. The molecule has 7 nitrogen and oxygen atoms in total. The predicted molar refractivity (Wildman–Crippen MR) is 161 cm³/mol. The number of rotatable bonds is 9. The third-order valence-electron chi connectivity index (χ3n) is 7.70. The Morgan fingerprint density at radius 2 is 1.75 bits per heavy atom. The van der Waals surface area contributed by atoms with Crippen molar-refractivity contribution in [1.29, 1.82) is 0 Å². The van der Waals surface area contributed by atoms with Crippen molar-refractivity contribution in [2.45, 2.75) is 46.3 Å². The number of aromatic amines is 1. The first-order valence-corrected chi connectivity index (χ1v) is 14.2. The summed E-state index contributed by atoms with van der Waals surface area (Å²) in [5.41, 5.74) is 4.54. The van der Waals surface area contributed by atoms with Crippen molar-refractivity contribution >= 4 is 34.1 Å². The van der Waals surface area contributed by atoms with Crippen molar-refractivity contribution in [2.24, 2.45) is 5.92 Å². The molecule has 0 bridgehead atoms. The number of nitrogens with one attached hydrogen (secondary N) is 2. The predicted octanol–water partition coefficient (Wildman–Crippen LogP) is 6.18. The molecule has 5 rings (SSSR count). The van der Waals surface area contributed by atoms with Crippen LogP contribution in [0.25, 0.3) is 10.9 Å². The minimum atomic E-state index is -0.845. The number of nitrogens with zero attached hydrogens (tertiary/aromatic N) is 2. The highest BCUT2D eigenvalue weighted by Crippen LogP contribution is 2.39. The molecule has 208 valence electrons. The second kappa shape index (κ2) is 11.9. The maximum absolute atomic E-state index is 14.2. The fraction of sp³-hybridized carbons (Fsp3) is 0.333. The summed E-state index contributed by atoms with van der Waals surface area (Å²) in [6.07, 6.45) is 1.89. The lowest BCUT2D eigenvalue weighted by Gasteiger charge is -2.31. The molecule has 40 heavy (non-hydrogen) atoms. The summed E-state index contributed by atoms with van der Waals surface area (Å²) in [4.78, 5) is 35.5. The quantitative estimate of drug-likeness (QED) is 0.267. The fourth-order valence-corrected chi connectivity index (χ4v) is 5.54. The zero-order chi connectivity index (χ0) is 28.2. The molecule has 1 aromatic heterocycles. The molecule has 0 spiro atoms. The Labute approximate surface area is 236 Å². The molecule has 0 aliphatic carbocycles. The van der Waals surface area contributed by atoms with Crippen molar-refractivity contribution in [3.05, 3.63) is 90.1 Å². The van der Waals surface area contributed by atoms with Crippen LogP contribution in [0.1, 0.15) is 44.9 Å². The van der Waals surface area contributed by atoms with Gasteiger partial charge in [-0.1, -0.05) is 56.3 Å². The molecular formula is C33H38N4O3. The van der Waals surface area contributed by atoms with Crippen LogP contribution in [0.15, 0.2) is 79.0 Å². The van der Waals surface area contributed by atoms with Crippen LogP contribution in [0.5, 0.6) is 5.75 Å². The summed E-state index contributed by atoms with van der Waals surface area (Å²) in [5.74, 6) is 0.0650. The lowest BCUT2D eigenvalue weighted by Crippen LogP contribution is -2.47. The van der Waals surface area contributed by atoms with Crippen LogP contribution in [0.4, 0.5) is 11.4 Å². The average Bonchev–Trinajstić information content (AvgIpc) is 3.32. The number of aromatic nitrogens is 1. The molecule has 4 aromatic rings. The van der Waals surface area contributed by atoms with Gasteiger partial charge in [0.25, 0.3) is 11.8 Å². The van der Waals surface area contributed by atoms with Gasteiger partial charge in [-0.25, -0.2) is 0 Å². The Bertz CT molecular complexity index is 1480. The molecule has 0 fully saturated rings. The van der Waals surface area contributed by atoms with E-state index in [1.165, 1.54) is 0 Å². The van der Waals surface area contributed by atoms with Gasteiger partial charge < -0.3 is 24.8 Å². The van der Waals surface area contributed by atoms with Gasteiger partial charge in [0, 0.05) is 59.7 Å². The molecule has 2 atom stereocenters. The van der Waals surface area contributed by atoms with E-state index in [1.54, 1.807) is 4.90 Å². The smallest absolute Gasteiger partial charge is 0.264 e. The first-order valence-electron chi connectivity index (χ1n) is 14.2. The Balaban J connectivity index is 1.58. The van der Waals surface area contributed by atoms with Crippen LogP contribution in [-0.4, -0.2) is 47.4 Å². The molecule has 2 unspecified atom stereocenters. The van der Waals surface area contributed by atoms with E-state index in [2.05, 4.69) is 35.1 Å². The van der Waals surface area contributed by atoms with Crippen LogP contribution in [0.2, 0.25) is 0 Å². The summed E-state index contributed by atoms with van der Waals surface area (Å²) in [6.45, 7) is 10.2. The van der Waals surface area contributed by atoms with Gasteiger partial charge >= 0.3 is 0 Å². The molecule has 2 amide bonds. The van der Waals surface area contributed by atoms with Crippen LogP contribution >= 0.6 is 0 Å². The van der Waals surface area contributed by atoms with Crippen LogP contribution in [0, 0.1) is 5.92 Å². The SMILES string of the molecule is CCN(CC)c1ccc2c(c1)OC(C(C)C)C(=O)N(CCc1c[nH]c3ccccc13)C2C(=O)Nc1ccccc1.